The number of aldehydes is 1. The van der Waals surface area contributed by atoms with Crippen molar-refractivity contribution >= 4 is 22.8 Å². The van der Waals surface area contributed by atoms with E-state index in [1.54, 1.807) is 0 Å². The minimum atomic E-state index is -0.617. The van der Waals surface area contributed by atoms with Crippen LogP contribution in [0.5, 0.6) is 0 Å². The highest BCUT2D eigenvalue weighted by atomic mass is 32.1. The van der Waals surface area contributed by atoms with E-state index in [-0.39, 0.29) is 0 Å². The van der Waals surface area contributed by atoms with Gasteiger partial charge < -0.3 is 9.69 Å². The van der Waals surface area contributed by atoms with Gasteiger partial charge in [-0.1, -0.05) is 30.3 Å². The number of rotatable bonds is 5. The summed E-state index contributed by atoms with van der Waals surface area (Å²) in [5.41, 5.74) is 1.97. The van der Waals surface area contributed by atoms with Crippen LogP contribution in [0, 0.1) is 17.2 Å². The average Bonchev–Trinajstić information content (AvgIpc) is 2.95. The minimum absolute atomic E-state index is 0.363. The molecule has 0 radical (unpaired) electrons. The summed E-state index contributed by atoms with van der Waals surface area (Å²) < 4.78 is 0. The second kappa shape index (κ2) is 6.12. The second-order valence-electron chi connectivity index (χ2n) is 4.13. The minimum Gasteiger partial charge on any atom is -0.349 e. The van der Waals surface area contributed by atoms with Gasteiger partial charge in [-0.2, -0.15) is 5.26 Å². The smallest absolute Gasteiger partial charge is 0.185 e. The quantitative estimate of drug-likeness (QED) is 0.784. The van der Waals surface area contributed by atoms with Crippen LogP contribution in [0.1, 0.15) is 0 Å². The normalized spacial score (nSPS) is 11.6. The number of anilines is 1. The van der Waals surface area contributed by atoms with Crippen molar-refractivity contribution < 1.29 is 4.79 Å². The van der Waals surface area contributed by atoms with E-state index in [4.69, 9.17) is 5.26 Å². The molecule has 0 spiro atoms. The van der Waals surface area contributed by atoms with Gasteiger partial charge in [0.25, 0.3) is 0 Å². The Labute approximate surface area is 115 Å². The summed E-state index contributed by atoms with van der Waals surface area (Å²) in [6.45, 7) is 0.363. The van der Waals surface area contributed by atoms with Gasteiger partial charge in [-0.3, -0.25) is 0 Å². The first-order chi connectivity index (χ1) is 9.24. The Morgan fingerprint density at radius 3 is 2.84 bits per heavy atom. The Morgan fingerprint density at radius 1 is 1.47 bits per heavy atom. The first-order valence-corrected chi connectivity index (χ1v) is 6.69. The fourth-order valence-corrected chi connectivity index (χ4v) is 2.48. The molecular formula is C14H13N3OS. The van der Waals surface area contributed by atoms with Crippen LogP contribution < -0.4 is 4.90 Å². The number of hydrogen-bond donors (Lipinski definition) is 0. The van der Waals surface area contributed by atoms with E-state index >= 15 is 0 Å². The predicted molar refractivity (Wildman–Crippen MR) is 76.0 cm³/mol. The molecule has 0 amide bonds. The maximum atomic E-state index is 10.7. The molecule has 96 valence electrons. The van der Waals surface area contributed by atoms with Gasteiger partial charge in [0, 0.05) is 24.5 Å². The van der Waals surface area contributed by atoms with Crippen LogP contribution in [-0.2, 0) is 4.79 Å². The van der Waals surface area contributed by atoms with Crippen LogP contribution in [0.3, 0.4) is 0 Å². The van der Waals surface area contributed by atoms with Crippen LogP contribution in [0.4, 0.5) is 5.13 Å². The summed E-state index contributed by atoms with van der Waals surface area (Å²) in [6.07, 6.45) is 0.669. The topological polar surface area (TPSA) is 57.0 Å². The monoisotopic (exact) mass is 271 g/mol. The van der Waals surface area contributed by atoms with Crippen molar-refractivity contribution in [1.82, 2.24) is 4.98 Å². The summed E-state index contributed by atoms with van der Waals surface area (Å²) in [5.74, 6) is -0.617. The Balaban J connectivity index is 2.13. The summed E-state index contributed by atoms with van der Waals surface area (Å²) in [7, 11) is 1.83. The number of benzene rings is 1. The first-order valence-electron chi connectivity index (χ1n) is 5.81. The highest BCUT2D eigenvalue weighted by molar-refractivity contribution is 7.14. The van der Waals surface area contributed by atoms with E-state index in [0.29, 0.717) is 12.8 Å². The molecule has 0 bridgehead atoms. The van der Waals surface area contributed by atoms with Gasteiger partial charge in [-0.05, 0) is 0 Å². The van der Waals surface area contributed by atoms with Crippen LogP contribution in [0.15, 0.2) is 35.7 Å². The molecule has 2 aromatic rings. The molecular weight excluding hydrogens is 258 g/mol. The van der Waals surface area contributed by atoms with Gasteiger partial charge in [-0.15, -0.1) is 11.3 Å². The molecule has 1 aromatic heterocycles. The third-order valence-electron chi connectivity index (χ3n) is 2.69. The van der Waals surface area contributed by atoms with Crippen molar-refractivity contribution in [2.24, 2.45) is 5.92 Å². The highest BCUT2D eigenvalue weighted by Gasteiger charge is 2.13. The second-order valence-corrected chi connectivity index (χ2v) is 4.97. The van der Waals surface area contributed by atoms with Crippen molar-refractivity contribution in [2.45, 2.75) is 0 Å². The van der Waals surface area contributed by atoms with E-state index in [1.165, 1.54) is 11.3 Å². The summed E-state index contributed by atoms with van der Waals surface area (Å²) in [4.78, 5) is 17.0. The SMILES string of the molecule is CN(CC(C#N)C=O)c1nc(-c2ccccc2)cs1. The number of aromatic nitrogens is 1. The molecule has 0 saturated carbocycles. The standard InChI is InChI=1S/C14H13N3OS/c1-17(8-11(7-15)9-18)14-16-13(10-19-14)12-5-3-2-4-6-12/h2-6,9-11H,8H2,1H3. The Kier molecular flexibility index (Phi) is 4.26. The predicted octanol–water partition coefficient (Wildman–Crippen LogP) is 2.58. The number of carbonyl (C=O) groups is 1. The molecule has 0 aliphatic heterocycles. The third kappa shape index (κ3) is 3.18. The maximum absolute atomic E-state index is 10.7. The Morgan fingerprint density at radius 2 is 2.21 bits per heavy atom. The molecule has 1 atom stereocenters. The maximum Gasteiger partial charge on any atom is 0.185 e. The third-order valence-corrected chi connectivity index (χ3v) is 3.64. The summed E-state index contributed by atoms with van der Waals surface area (Å²) >= 11 is 1.50. The van der Waals surface area contributed by atoms with E-state index in [9.17, 15) is 4.79 Å². The number of thiazole rings is 1. The van der Waals surface area contributed by atoms with Crippen molar-refractivity contribution in [1.29, 1.82) is 5.26 Å². The number of hydrogen-bond acceptors (Lipinski definition) is 5. The lowest BCUT2D eigenvalue weighted by atomic mass is 10.2. The average molecular weight is 271 g/mol. The van der Waals surface area contributed by atoms with Crippen LogP contribution >= 0.6 is 11.3 Å². The van der Waals surface area contributed by atoms with E-state index < -0.39 is 5.92 Å². The van der Waals surface area contributed by atoms with Gasteiger partial charge >= 0.3 is 0 Å². The molecule has 0 fully saturated rings. The lowest BCUT2D eigenvalue weighted by Gasteiger charge is -2.15. The molecule has 1 unspecified atom stereocenters. The number of nitriles is 1. The number of nitrogens with zero attached hydrogens (tertiary/aromatic N) is 3. The lowest BCUT2D eigenvalue weighted by Crippen LogP contribution is -2.25. The fourth-order valence-electron chi connectivity index (χ4n) is 1.67. The van der Waals surface area contributed by atoms with Crippen LogP contribution in [0.2, 0.25) is 0 Å². The van der Waals surface area contributed by atoms with Crippen molar-refractivity contribution in [3.8, 4) is 17.3 Å². The number of carbonyl (C=O) groups excluding carboxylic acids is 1. The van der Waals surface area contributed by atoms with E-state index in [0.717, 1.165) is 16.4 Å². The Hall–Kier alpha value is -2.19. The van der Waals surface area contributed by atoms with Crippen molar-refractivity contribution in [2.75, 3.05) is 18.5 Å². The summed E-state index contributed by atoms with van der Waals surface area (Å²) in [6, 6.07) is 11.9. The summed E-state index contributed by atoms with van der Waals surface area (Å²) in [5, 5.41) is 11.6. The van der Waals surface area contributed by atoms with Gasteiger partial charge in [0.05, 0.1) is 11.8 Å². The molecule has 0 N–H and O–H groups in total. The zero-order valence-corrected chi connectivity index (χ0v) is 11.3. The molecule has 5 heteroatoms. The molecule has 2 rings (SSSR count). The first kappa shape index (κ1) is 13.2. The zero-order chi connectivity index (χ0) is 13.7. The molecule has 0 aliphatic rings. The molecule has 19 heavy (non-hydrogen) atoms. The fraction of sp³-hybridized carbons (Fsp3) is 0.214. The highest BCUT2D eigenvalue weighted by Crippen LogP contribution is 2.26. The van der Waals surface area contributed by atoms with Gasteiger partial charge in [0.15, 0.2) is 5.13 Å². The largest absolute Gasteiger partial charge is 0.349 e. The zero-order valence-electron chi connectivity index (χ0n) is 10.5. The van der Waals surface area contributed by atoms with Crippen molar-refractivity contribution in [3.63, 3.8) is 0 Å². The van der Waals surface area contributed by atoms with Gasteiger partial charge in [0.2, 0.25) is 0 Å². The molecule has 4 nitrogen and oxygen atoms in total. The van der Waals surface area contributed by atoms with Gasteiger partial charge in [-0.25, -0.2) is 4.98 Å². The molecule has 1 aromatic carbocycles. The molecule has 0 saturated heterocycles. The van der Waals surface area contributed by atoms with Crippen LogP contribution in [0.25, 0.3) is 11.3 Å². The molecule has 0 aliphatic carbocycles. The van der Waals surface area contributed by atoms with Gasteiger partial charge in [0.1, 0.15) is 12.2 Å². The van der Waals surface area contributed by atoms with Crippen LogP contribution in [-0.4, -0.2) is 24.9 Å². The van der Waals surface area contributed by atoms with E-state index in [1.807, 2.05) is 53.7 Å². The van der Waals surface area contributed by atoms with Crippen molar-refractivity contribution in [3.05, 3.63) is 35.7 Å². The lowest BCUT2D eigenvalue weighted by molar-refractivity contribution is -0.109. The molecule has 1 heterocycles. The Bertz CT molecular complexity index is 588. The van der Waals surface area contributed by atoms with E-state index in [2.05, 4.69) is 4.98 Å².